The van der Waals surface area contributed by atoms with E-state index in [0.29, 0.717) is 11.3 Å². The number of carbonyl (C=O) groups is 1. The fraction of sp³-hybridized carbons (Fsp3) is 0.316. The maximum atomic E-state index is 12.8. The largest absolute Gasteiger partial charge is 0.484 e. The van der Waals surface area contributed by atoms with Gasteiger partial charge < -0.3 is 10.5 Å². The molecule has 2 aromatic rings. The number of ether oxygens (including phenoxy) is 1. The number of benzene rings is 2. The van der Waals surface area contributed by atoms with E-state index in [0.717, 1.165) is 16.7 Å². The van der Waals surface area contributed by atoms with E-state index in [-0.39, 0.29) is 23.8 Å². The van der Waals surface area contributed by atoms with Crippen molar-refractivity contribution < 1.29 is 9.53 Å². The number of Topliss-reactive ketones (excluding diaryl/α,β-unsaturated/α-hetero) is 1. The summed E-state index contributed by atoms with van der Waals surface area (Å²) >= 11 is 0. The van der Waals surface area contributed by atoms with E-state index in [2.05, 4.69) is 0 Å². The van der Waals surface area contributed by atoms with E-state index in [9.17, 15) is 4.79 Å². The van der Waals surface area contributed by atoms with Crippen LogP contribution in [0.4, 0.5) is 0 Å². The molecule has 0 saturated carbocycles. The SMILES string of the molecule is Cc1cc2c(c([C@@H](C)N)c1)OC(c1ccccc1)C(C)C2=O. The van der Waals surface area contributed by atoms with Gasteiger partial charge in [0.15, 0.2) is 5.78 Å². The van der Waals surface area contributed by atoms with Crippen LogP contribution in [0.1, 0.15) is 53.0 Å². The highest BCUT2D eigenvalue weighted by atomic mass is 16.5. The Balaban J connectivity index is 2.13. The number of rotatable bonds is 2. The van der Waals surface area contributed by atoms with Crippen LogP contribution in [0.3, 0.4) is 0 Å². The highest BCUT2D eigenvalue weighted by Gasteiger charge is 2.36. The van der Waals surface area contributed by atoms with Crippen molar-refractivity contribution >= 4 is 5.78 Å². The summed E-state index contributed by atoms with van der Waals surface area (Å²) in [5, 5.41) is 0. The fourth-order valence-corrected chi connectivity index (χ4v) is 3.07. The van der Waals surface area contributed by atoms with E-state index >= 15 is 0 Å². The molecule has 3 atom stereocenters. The lowest BCUT2D eigenvalue weighted by atomic mass is 9.85. The summed E-state index contributed by atoms with van der Waals surface area (Å²) in [5.74, 6) is 0.566. The standard InChI is InChI=1S/C19H21NO2/c1-11-9-15(13(3)20)19-16(10-11)17(21)12(2)18(22-19)14-7-5-4-6-8-14/h4-10,12-13,18H,20H2,1-3H3/t12?,13-,18?/m1/s1. The summed E-state index contributed by atoms with van der Waals surface area (Å²) in [6, 6.07) is 13.6. The van der Waals surface area contributed by atoms with Crippen molar-refractivity contribution in [3.05, 3.63) is 64.7 Å². The second-order valence-corrected chi connectivity index (χ2v) is 6.12. The molecular formula is C19H21NO2. The van der Waals surface area contributed by atoms with Crippen LogP contribution in [0.25, 0.3) is 0 Å². The first-order valence-electron chi connectivity index (χ1n) is 7.65. The third kappa shape index (κ3) is 2.42. The Morgan fingerprint density at radius 3 is 2.50 bits per heavy atom. The zero-order valence-electron chi connectivity index (χ0n) is 13.2. The topological polar surface area (TPSA) is 52.3 Å². The van der Waals surface area contributed by atoms with E-state index in [1.165, 1.54) is 0 Å². The molecule has 0 aliphatic carbocycles. The molecule has 3 nitrogen and oxygen atoms in total. The molecule has 0 fully saturated rings. The number of hydrogen-bond donors (Lipinski definition) is 1. The van der Waals surface area contributed by atoms with Crippen LogP contribution in [0, 0.1) is 12.8 Å². The van der Waals surface area contributed by atoms with E-state index in [1.54, 1.807) is 0 Å². The van der Waals surface area contributed by atoms with E-state index in [4.69, 9.17) is 10.5 Å². The minimum absolute atomic E-state index is 0.126. The quantitative estimate of drug-likeness (QED) is 0.912. The average Bonchev–Trinajstić information content (AvgIpc) is 2.51. The van der Waals surface area contributed by atoms with Gasteiger partial charge in [0, 0.05) is 11.6 Å². The molecule has 0 spiro atoms. The Hall–Kier alpha value is -2.13. The van der Waals surface area contributed by atoms with Crippen LogP contribution < -0.4 is 10.5 Å². The minimum atomic E-state index is -0.263. The molecule has 1 heterocycles. The third-order valence-corrected chi connectivity index (χ3v) is 4.26. The minimum Gasteiger partial charge on any atom is -0.484 e. The summed E-state index contributed by atoms with van der Waals surface area (Å²) in [6.07, 6.45) is -0.263. The summed E-state index contributed by atoms with van der Waals surface area (Å²) in [5.41, 5.74) is 9.69. The summed E-state index contributed by atoms with van der Waals surface area (Å²) in [7, 11) is 0. The highest BCUT2D eigenvalue weighted by molar-refractivity contribution is 6.02. The molecular weight excluding hydrogens is 274 g/mol. The predicted octanol–water partition coefficient (Wildman–Crippen LogP) is 3.97. The summed E-state index contributed by atoms with van der Waals surface area (Å²) < 4.78 is 6.25. The van der Waals surface area contributed by atoms with Gasteiger partial charge in [0.05, 0.1) is 11.5 Å². The summed E-state index contributed by atoms with van der Waals surface area (Å²) in [6.45, 7) is 5.82. The third-order valence-electron chi connectivity index (χ3n) is 4.26. The van der Waals surface area contributed by atoms with Crippen LogP contribution >= 0.6 is 0 Å². The van der Waals surface area contributed by atoms with Gasteiger partial charge in [0.1, 0.15) is 11.9 Å². The lowest BCUT2D eigenvalue weighted by molar-refractivity contribution is 0.0686. The molecule has 0 amide bonds. The Bertz CT molecular complexity index is 707. The first kappa shape index (κ1) is 14.8. The van der Waals surface area contributed by atoms with Crippen molar-refractivity contribution in [3.63, 3.8) is 0 Å². The Labute approximate surface area is 131 Å². The van der Waals surface area contributed by atoms with Gasteiger partial charge in [-0.15, -0.1) is 0 Å². The molecule has 114 valence electrons. The van der Waals surface area contributed by atoms with Crippen molar-refractivity contribution in [2.45, 2.75) is 32.9 Å². The van der Waals surface area contributed by atoms with Crippen LogP contribution in [-0.2, 0) is 0 Å². The zero-order chi connectivity index (χ0) is 15.9. The van der Waals surface area contributed by atoms with Crippen molar-refractivity contribution in [2.75, 3.05) is 0 Å². The molecule has 2 aromatic carbocycles. The fourth-order valence-electron chi connectivity index (χ4n) is 3.07. The first-order chi connectivity index (χ1) is 10.5. The van der Waals surface area contributed by atoms with Crippen LogP contribution in [0.15, 0.2) is 42.5 Å². The maximum absolute atomic E-state index is 12.8. The van der Waals surface area contributed by atoms with Crippen molar-refractivity contribution in [1.29, 1.82) is 0 Å². The normalized spacial score (nSPS) is 21.9. The van der Waals surface area contributed by atoms with Crippen LogP contribution in [-0.4, -0.2) is 5.78 Å². The Morgan fingerprint density at radius 1 is 1.18 bits per heavy atom. The highest BCUT2D eigenvalue weighted by Crippen LogP contribution is 2.42. The molecule has 22 heavy (non-hydrogen) atoms. The molecule has 0 radical (unpaired) electrons. The second kappa shape index (κ2) is 5.58. The molecule has 1 aliphatic rings. The van der Waals surface area contributed by atoms with Gasteiger partial charge in [0.2, 0.25) is 0 Å². The number of hydrogen-bond acceptors (Lipinski definition) is 3. The lowest BCUT2D eigenvalue weighted by Crippen LogP contribution is -2.31. The number of aryl methyl sites for hydroxylation is 1. The zero-order valence-corrected chi connectivity index (χ0v) is 13.2. The van der Waals surface area contributed by atoms with E-state index < -0.39 is 0 Å². The van der Waals surface area contributed by atoms with Crippen LogP contribution in [0.5, 0.6) is 5.75 Å². The Morgan fingerprint density at radius 2 is 1.86 bits per heavy atom. The smallest absolute Gasteiger partial charge is 0.173 e. The molecule has 0 saturated heterocycles. The predicted molar refractivity (Wildman–Crippen MR) is 87.1 cm³/mol. The number of ketones is 1. The number of carbonyl (C=O) groups excluding carboxylic acids is 1. The number of fused-ring (bicyclic) bond motifs is 1. The molecule has 2 N–H and O–H groups in total. The molecule has 1 aliphatic heterocycles. The molecule has 0 aromatic heterocycles. The van der Waals surface area contributed by atoms with Gasteiger partial charge >= 0.3 is 0 Å². The van der Waals surface area contributed by atoms with Crippen molar-refractivity contribution in [1.82, 2.24) is 0 Å². The number of nitrogens with two attached hydrogens (primary N) is 1. The van der Waals surface area contributed by atoms with Gasteiger partial charge in [0.25, 0.3) is 0 Å². The molecule has 0 bridgehead atoms. The first-order valence-corrected chi connectivity index (χ1v) is 7.65. The van der Waals surface area contributed by atoms with Gasteiger partial charge in [-0.1, -0.05) is 43.3 Å². The van der Waals surface area contributed by atoms with E-state index in [1.807, 2.05) is 63.2 Å². The monoisotopic (exact) mass is 295 g/mol. The summed E-state index contributed by atoms with van der Waals surface area (Å²) in [4.78, 5) is 12.8. The van der Waals surface area contributed by atoms with Gasteiger partial charge in [-0.2, -0.15) is 0 Å². The molecule has 3 heteroatoms. The van der Waals surface area contributed by atoms with Crippen LogP contribution in [0.2, 0.25) is 0 Å². The lowest BCUT2D eigenvalue weighted by Gasteiger charge is -2.33. The molecule has 3 rings (SSSR count). The van der Waals surface area contributed by atoms with Gasteiger partial charge in [-0.05, 0) is 31.0 Å². The maximum Gasteiger partial charge on any atom is 0.173 e. The van der Waals surface area contributed by atoms with Crippen molar-refractivity contribution in [2.24, 2.45) is 11.7 Å². The second-order valence-electron chi connectivity index (χ2n) is 6.12. The Kier molecular flexibility index (Phi) is 3.75. The van der Waals surface area contributed by atoms with Gasteiger partial charge in [-0.3, -0.25) is 4.79 Å². The van der Waals surface area contributed by atoms with Crippen molar-refractivity contribution in [3.8, 4) is 5.75 Å². The molecule has 2 unspecified atom stereocenters. The average molecular weight is 295 g/mol. The van der Waals surface area contributed by atoms with Gasteiger partial charge in [-0.25, -0.2) is 0 Å².